The van der Waals surface area contributed by atoms with E-state index in [1.165, 1.54) is 4.90 Å². The molecule has 4 N–H and O–H groups in total. The summed E-state index contributed by atoms with van der Waals surface area (Å²) in [4.78, 5) is 65.8. The highest BCUT2D eigenvalue weighted by Crippen LogP contribution is 2.22. The second kappa shape index (κ2) is 13.8. The van der Waals surface area contributed by atoms with Crippen molar-refractivity contribution in [2.24, 2.45) is 11.3 Å². The lowest BCUT2D eigenvalue weighted by atomic mass is 9.85. The van der Waals surface area contributed by atoms with Crippen LogP contribution >= 0.6 is 0 Å². The van der Waals surface area contributed by atoms with Gasteiger partial charge >= 0.3 is 6.03 Å². The second-order valence-corrected chi connectivity index (χ2v) is 12.4. The molecule has 0 saturated heterocycles. The third-order valence-electron chi connectivity index (χ3n) is 6.12. The summed E-state index contributed by atoms with van der Waals surface area (Å²) in [5.74, 6) is -2.14. The molecule has 10 heteroatoms. The molecule has 0 spiro atoms. The van der Waals surface area contributed by atoms with Crippen LogP contribution in [-0.2, 0) is 19.2 Å². The SMILES string of the molecule is CCC[C@H](NC(=O)CN(CC(C)CC)C(=O)[C@@H](NC(=O)NC(C)(C)C)C(C)(C)C)C(=O)C(=O)NC1CC1. The molecule has 0 bridgehead atoms. The van der Waals surface area contributed by atoms with Crippen molar-refractivity contribution in [1.82, 2.24) is 26.2 Å². The molecule has 0 aliphatic heterocycles. The minimum absolute atomic E-state index is 0.0374. The summed E-state index contributed by atoms with van der Waals surface area (Å²) in [5.41, 5.74) is -1.11. The molecule has 3 atom stereocenters. The average Bonchev–Trinajstić information content (AvgIpc) is 3.57. The zero-order valence-corrected chi connectivity index (χ0v) is 24.2. The van der Waals surface area contributed by atoms with Crippen LogP contribution in [-0.4, -0.2) is 71.2 Å². The zero-order valence-electron chi connectivity index (χ0n) is 24.2. The van der Waals surface area contributed by atoms with E-state index >= 15 is 0 Å². The Labute approximate surface area is 222 Å². The molecule has 0 heterocycles. The molecule has 212 valence electrons. The predicted molar refractivity (Wildman–Crippen MR) is 144 cm³/mol. The van der Waals surface area contributed by atoms with Crippen LogP contribution in [0.4, 0.5) is 4.79 Å². The summed E-state index contributed by atoms with van der Waals surface area (Å²) < 4.78 is 0. The van der Waals surface area contributed by atoms with Crippen LogP contribution < -0.4 is 21.3 Å². The minimum Gasteiger partial charge on any atom is -0.347 e. The first-order valence-electron chi connectivity index (χ1n) is 13.5. The Hall–Kier alpha value is -2.65. The smallest absolute Gasteiger partial charge is 0.315 e. The van der Waals surface area contributed by atoms with E-state index in [2.05, 4.69) is 21.3 Å². The van der Waals surface area contributed by atoms with Gasteiger partial charge in [-0.25, -0.2) is 4.79 Å². The van der Waals surface area contributed by atoms with Gasteiger partial charge in [-0.05, 0) is 51.4 Å². The molecule has 1 aliphatic rings. The molecule has 0 aromatic heterocycles. The Morgan fingerprint density at radius 3 is 2.00 bits per heavy atom. The maximum absolute atomic E-state index is 13.7. The van der Waals surface area contributed by atoms with Crippen molar-refractivity contribution >= 4 is 29.5 Å². The molecule has 5 amide bonds. The third-order valence-corrected chi connectivity index (χ3v) is 6.12. The molecule has 10 nitrogen and oxygen atoms in total. The number of nitrogens with zero attached hydrogens (tertiary/aromatic N) is 1. The molecule has 37 heavy (non-hydrogen) atoms. The fourth-order valence-electron chi connectivity index (χ4n) is 3.69. The molecule has 1 aliphatic carbocycles. The van der Waals surface area contributed by atoms with Crippen molar-refractivity contribution in [2.75, 3.05) is 13.1 Å². The van der Waals surface area contributed by atoms with Gasteiger partial charge in [-0.1, -0.05) is 54.4 Å². The minimum atomic E-state index is -0.953. The van der Waals surface area contributed by atoms with Crippen LogP contribution in [0.25, 0.3) is 0 Å². The van der Waals surface area contributed by atoms with Crippen LogP contribution in [0.15, 0.2) is 0 Å². The molecular formula is C27H49N5O5. The summed E-state index contributed by atoms with van der Waals surface area (Å²) in [6, 6.07) is -2.27. The standard InChI is InChI=1S/C27H49N5O5/c1-10-12-19(21(34)23(35)28-18-13-14-18)29-20(33)16-32(15-17(3)11-2)24(36)22(26(4,5)6)30-25(37)31-27(7,8)9/h17-19,22H,10-16H2,1-9H3,(H,28,35)(H,29,33)(H2,30,31,37)/t17?,19-,22+/m0/s1. The van der Waals surface area contributed by atoms with Crippen molar-refractivity contribution in [1.29, 1.82) is 0 Å². The monoisotopic (exact) mass is 523 g/mol. The Morgan fingerprint density at radius 2 is 1.54 bits per heavy atom. The molecule has 1 unspecified atom stereocenters. The van der Waals surface area contributed by atoms with Crippen molar-refractivity contribution in [3.05, 3.63) is 0 Å². The largest absolute Gasteiger partial charge is 0.347 e. The number of nitrogens with one attached hydrogen (secondary N) is 4. The van der Waals surface area contributed by atoms with E-state index in [4.69, 9.17) is 0 Å². The topological polar surface area (TPSA) is 137 Å². The van der Waals surface area contributed by atoms with E-state index in [9.17, 15) is 24.0 Å². The van der Waals surface area contributed by atoms with Crippen LogP contribution in [0.2, 0.25) is 0 Å². The first kappa shape index (κ1) is 32.4. The fraction of sp³-hybridized carbons (Fsp3) is 0.815. The Morgan fingerprint density at radius 1 is 0.946 bits per heavy atom. The third kappa shape index (κ3) is 12.0. The number of carbonyl (C=O) groups excluding carboxylic acids is 5. The van der Waals surface area contributed by atoms with Crippen LogP contribution in [0.3, 0.4) is 0 Å². The van der Waals surface area contributed by atoms with Crippen molar-refractivity contribution in [3.63, 3.8) is 0 Å². The Kier molecular flexibility index (Phi) is 12.0. The van der Waals surface area contributed by atoms with Gasteiger partial charge in [0.25, 0.3) is 5.91 Å². The lowest BCUT2D eigenvalue weighted by molar-refractivity contribution is -0.142. The average molecular weight is 524 g/mol. The van der Waals surface area contributed by atoms with Crippen molar-refractivity contribution in [2.45, 2.75) is 118 Å². The quantitative estimate of drug-likeness (QED) is 0.275. The van der Waals surface area contributed by atoms with E-state index in [1.807, 2.05) is 62.3 Å². The number of hydrogen-bond donors (Lipinski definition) is 4. The van der Waals surface area contributed by atoms with Gasteiger partial charge < -0.3 is 26.2 Å². The number of ketones is 1. The van der Waals surface area contributed by atoms with E-state index in [-0.39, 0.29) is 24.4 Å². The van der Waals surface area contributed by atoms with Crippen molar-refractivity contribution in [3.8, 4) is 0 Å². The van der Waals surface area contributed by atoms with Crippen LogP contribution in [0.5, 0.6) is 0 Å². The molecule has 0 aromatic carbocycles. The summed E-state index contributed by atoms with van der Waals surface area (Å²) in [6.07, 6.45) is 3.42. The van der Waals surface area contributed by atoms with Gasteiger partial charge in [0.2, 0.25) is 17.6 Å². The Balaban J connectivity index is 3.06. The van der Waals surface area contributed by atoms with E-state index < -0.39 is 46.7 Å². The molecule has 1 rings (SSSR count). The van der Waals surface area contributed by atoms with E-state index in [0.29, 0.717) is 19.4 Å². The highest BCUT2D eigenvalue weighted by Gasteiger charge is 2.38. The normalized spacial score (nSPS) is 16.1. The summed E-state index contributed by atoms with van der Waals surface area (Å²) in [7, 11) is 0. The van der Waals surface area contributed by atoms with Crippen molar-refractivity contribution < 1.29 is 24.0 Å². The maximum Gasteiger partial charge on any atom is 0.315 e. The summed E-state index contributed by atoms with van der Waals surface area (Å²) in [5, 5.41) is 11.0. The Bertz CT molecular complexity index is 826. The van der Waals surface area contributed by atoms with Gasteiger partial charge in [0.05, 0.1) is 12.6 Å². The lowest BCUT2D eigenvalue weighted by Gasteiger charge is -2.36. The van der Waals surface area contributed by atoms with Crippen LogP contribution in [0, 0.1) is 11.3 Å². The second-order valence-electron chi connectivity index (χ2n) is 12.4. The van der Waals surface area contributed by atoms with E-state index in [0.717, 1.165) is 19.3 Å². The number of urea groups is 1. The molecule has 0 aromatic rings. The van der Waals surface area contributed by atoms with E-state index in [1.54, 1.807) is 0 Å². The predicted octanol–water partition coefficient (Wildman–Crippen LogP) is 2.51. The highest BCUT2D eigenvalue weighted by atomic mass is 16.2. The first-order valence-corrected chi connectivity index (χ1v) is 13.5. The molecular weight excluding hydrogens is 474 g/mol. The number of hydrogen-bond acceptors (Lipinski definition) is 5. The van der Waals surface area contributed by atoms with Gasteiger partial charge in [-0.3, -0.25) is 19.2 Å². The maximum atomic E-state index is 13.7. The molecule has 1 fully saturated rings. The first-order chi connectivity index (χ1) is 17.0. The van der Waals surface area contributed by atoms with Crippen LogP contribution in [0.1, 0.15) is 94.4 Å². The summed E-state index contributed by atoms with van der Waals surface area (Å²) in [6.45, 7) is 17.0. The van der Waals surface area contributed by atoms with Gasteiger partial charge in [-0.15, -0.1) is 0 Å². The van der Waals surface area contributed by atoms with Gasteiger partial charge in [0.1, 0.15) is 6.04 Å². The lowest BCUT2D eigenvalue weighted by Crippen LogP contribution is -2.60. The molecule has 0 radical (unpaired) electrons. The molecule has 1 saturated carbocycles. The number of amides is 5. The van der Waals surface area contributed by atoms with Gasteiger partial charge in [-0.2, -0.15) is 0 Å². The fourth-order valence-corrected chi connectivity index (χ4v) is 3.69. The number of rotatable bonds is 13. The zero-order chi connectivity index (χ0) is 28.6. The number of Topliss-reactive ketones (excluding diaryl/α,β-unsaturated/α-hetero) is 1. The van der Waals surface area contributed by atoms with Gasteiger partial charge in [0, 0.05) is 18.1 Å². The number of carbonyl (C=O) groups is 5. The highest BCUT2D eigenvalue weighted by molar-refractivity contribution is 6.38. The summed E-state index contributed by atoms with van der Waals surface area (Å²) >= 11 is 0. The van der Waals surface area contributed by atoms with Gasteiger partial charge in [0.15, 0.2) is 0 Å².